The molecule has 0 bridgehead atoms. The summed E-state index contributed by atoms with van der Waals surface area (Å²) in [5.41, 5.74) is 4.04. The van der Waals surface area contributed by atoms with Crippen LogP contribution in [0.25, 0.3) is 32.8 Å². The van der Waals surface area contributed by atoms with E-state index in [9.17, 15) is 4.79 Å². The minimum Gasteiger partial charge on any atom is -0.497 e. The second kappa shape index (κ2) is 7.92. The first-order valence-electron chi connectivity index (χ1n) is 10.1. The van der Waals surface area contributed by atoms with Crippen molar-refractivity contribution in [2.24, 2.45) is 0 Å². The molecule has 0 saturated carbocycles. The summed E-state index contributed by atoms with van der Waals surface area (Å²) in [7, 11) is 1.65. The number of hydrogen-bond acceptors (Lipinski definition) is 3. The third-order valence-corrected chi connectivity index (χ3v) is 5.38. The van der Waals surface area contributed by atoms with Crippen LogP contribution < -0.4 is 10.1 Å². The summed E-state index contributed by atoms with van der Waals surface area (Å²) in [6, 6.07) is 31.4. The Kier molecular flexibility index (Phi) is 4.81. The minimum absolute atomic E-state index is 0.234. The lowest BCUT2D eigenvalue weighted by atomic mass is 9.97. The van der Waals surface area contributed by atoms with Crippen LogP contribution in [0, 0.1) is 0 Å². The van der Waals surface area contributed by atoms with Gasteiger partial charge in [-0.2, -0.15) is 0 Å². The summed E-state index contributed by atoms with van der Waals surface area (Å²) in [6.45, 7) is 0. The lowest BCUT2D eigenvalue weighted by Crippen LogP contribution is -2.14. The van der Waals surface area contributed by atoms with E-state index >= 15 is 0 Å². The summed E-state index contributed by atoms with van der Waals surface area (Å²) in [5.74, 6) is 0.572. The van der Waals surface area contributed by atoms with Gasteiger partial charge in [0.2, 0.25) is 0 Å². The van der Waals surface area contributed by atoms with Crippen LogP contribution in [0.1, 0.15) is 10.5 Å². The Morgan fingerprint density at radius 3 is 2.32 bits per heavy atom. The van der Waals surface area contributed by atoms with Gasteiger partial charge in [-0.25, -0.2) is 4.98 Å². The van der Waals surface area contributed by atoms with Gasteiger partial charge in [-0.1, -0.05) is 66.7 Å². The fourth-order valence-electron chi connectivity index (χ4n) is 3.84. The van der Waals surface area contributed by atoms with Crippen molar-refractivity contribution >= 4 is 33.3 Å². The van der Waals surface area contributed by atoms with Gasteiger partial charge in [0.25, 0.3) is 5.91 Å². The van der Waals surface area contributed by atoms with E-state index < -0.39 is 0 Å². The van der Waals surface area contributed by atoms with Crippen molar-refractivity contribution < 1.29 is 9.53 Å². The highest BCUT2D eigenvalue weighted by Crippen LogP contribution is 2.35. The van der Waals surface area contributed by atoms with Crippen molar-refractivity contribution in [2.75, 3.05) is 12.4 Å². The van der Waals surface area contributed by atoms with Crippen molar-refractivity contribution in [3.05, 3.63) is 103 Å². The number of fused-ring (bicyclic) bond motifs is 2. The highest BCUT2D eigenvalue weighted by Gasteiger charge is 2.13. The molecule has 5 rings (SSSR count). The summed E-state index contributed by atoms with van der Waals surface area (Å²) >= 11 is 0. The van der Waals surface area contributed by atoms with Crippen LogP contribution in [-0.4, -0.2) is 18.0 Å². The quantitative estimate of drug-likeness (QED) is 0.381. The lowest BCUT2D eigenvalue weighted by Gasteiger charge is -2.13. The molecule has 0 fully saturated rings. The van der Waals surface area contributed by atoms with Gasteiger partial charge in [0.1, 0.15) is 11.4 Å². The van der Waals surface area contributed by atoms with Gasteiger partial charge in [0.05, 0.1) is 12.6 Å². The molecule has 0 spiro atoms. The molecule has 0 saturated heterocycles. The molecule has 31 heavy (non-hydrogen) atoms. The number of amides is 1. The molecular formula is C27H20N2O2. The Balaban J connectivity index is 1.56. The molecule has 0 aliphatic carbocycles. The first kappa shape index (κ1) is 18.8. The van der Waals surface area contributed by atoms with Gasteiger partial charge in [-0.15, -0.1) is 0 Å². The Morgan fingerprint density at radius 2 is 1.52 bits per heavy atom. The van der Waals surface area contributed by atoms with E-state index in [1.165, 1.54) is 0 Å². The van der Waals surface area contributed by atoms with Crippen LogP contribution in [0.3, 0.4) is 0 Å². The van der Waals surface area contributed by atoms with Gasteiger partial charge in [0.15, 0.2) is 0 Å². The average molecular weight is 404 g/mol. The van der Waals surface area contributed by atoms with Crippen LogP contribution in [0.2, 0.25) is 0 Å². The number of para-hydroxylation sites is 1. The Morgan fingerprint density at radius 1 is 0.774 bits per heavy atom. The first-order valence-corrected chi connectivity index (χ1v) is 10.1. The van der Waals surface area contributed by atoms with Crippen molar-refractivity contribution in [1.82, 2.24) is 4.98 Å². The second-order valence-corrected chi connectivity index (χ2v) is 7.28. The number of methoxy groups -OCH3 is 1. The number of pyridine rings is 1. The monoisotopic (exact) mass is 404 g/mol. The van der Waals surface area contributed by atoms with E-state index in [1.807, 2.05) is 84.9 Å². The largest absolute Gasteiger partial charge is 0.497 e. The third kappa shape index (κ3) is 3.60. The average Bonchev–Trinajstić information content (AvgIpc) is 2.83. The number of anilines is 1. The van der Waals surface area contributed by atoms with Crippen molar-refractivity contribution in [3.8, 4) is 16.9 Å². The number of carbonyl (C=O) groups is 1. The highest BCUT2D eigenvalue weighted by molar-refractivity contribution is 6.12. The predicted octanol–water partition coefficient (Wildman–Crippen LogP) is 6.32. The topological polar surface area (TPSA) is 51.2 Å². The standard InChI is InChI=1S/C27H20N2O2/c1-31-21-15-12-18(13-16-21)22-9-4-7-20-8-5-11-24(26(20)22)29-27(30)25-17-14-19-6-2-3-10-23(19)28-25/h2-17H,1H3,(H,29,30). The van der Waals surface area contributed by atoms with E-state index in [2.05, 4.69) is 16.4 Å². The summed E-state index contributed by atoms with van der Waals surface area (Å²) in [5, 5.41) is 6.12. The number of aromatic nitrogens is 1. The summed E-state index contributed by atoms with van der Waals surface area (Å²) < 4.78 is 5.28. The molecule has 150 valence electrons. The van der Waals surface area contributed by atoms with Crippen LogP contribution >= 0.6 is 0 Å². The summed E-state index contributed by atoms with van der Waals surface area (Å²) in [6.07, 6.45) is 0. The maximum atomic E-state index is 13.0. The SMILES string of the molecule is COc1ccc(-c2cccc3cccc(NC(=O)c4ccc5ccccc5n4)c23)cc1. The van der Waals surface area contributed by atoms with Crippen LogP contribution in [0.5, 0.6) is 5.75 Å². The molecule has 0 aliphatic heterocycles. The first-order chi connectivity index (χ1) is 15.2. The smallest absolute Gasteiger partial charge is 0.274 e. The van der Waals surface area contributed by atoms with Crippen molar-refractivity contribution in [3.63, 3.8) is 0 Å². The Labute approximate surface area is 180 Å². The second-order valence-electron chi connectivity index (χ2n) is 7.28. The number of carbonyl (C=O) groups excluding carboxylic acids is 1. The summed E-state index contributed by atoms with van der Waals surface area (Å²) in [4.78, 5) is 17.6. The van der Waals surface area contributed by atoms with Gasteiger partial charge in [-0.3, -0.25) is 4.79 Å². The van der Waals surface area contributed by atoms with E-state index in [0.717, 1.165) is 44.2 Å². The van der Waals surface area contributed by atoms with E-state index in [-0.39, 0.29) is 5.91 Å². The molecule has 0 radical (unpaired) electrons. The molecular weight excluding hydrogens is 384 g/mol. The molecule has 4 heteroatoms. The van der Waals surface area contributed by atoms with Gasteiger partial charge in [-0.05, 0) is 46.8 Å². The fraction of sp³-hybridized carbons (Fsp3) is 0.0370. The number of rotatable bonds is 4. The number of ether oxygens (including phenoxy) is 1. The number of benzene rings is 4. The number of nitrogens with one attached hydrogen (secondary N) is 1. The molecule has 1 aromatic heterocycles. The molecule has 0 unspecified atom stereocenters. The minimum atomic E-state index is -0.234. The zero-order chi connectivity index (χ0) is 21.2. The van der Waals surface area contributed by atoms with Crippen LogP contribution in [-0.2, 0) is 0 Å². The Hall–Kier alpha value is -4.18. The van der Waals surface area contributed by atoms with Crippen LogP contribution in [0.4, 0.5) is 5.69 Å². The van der Waals surface area contributed by atoms with Gasteiger partial charge < -0.3 is 10.1 Å². The van der Waals surface area contributed by atoms with E-state index in [0.29, 0.717) is 5.69 Å². The van der Waals surface area contributed by atoms with Crippen molar-refractivity contribution in [2.45, 2.75) is 0 Å². The van der Waals surface area contributed by atoms with Crippen LogP contribution in [0.15, 0.2) is 97.1 Å². The van der Waals surface area contributed by atoms with Gasteiger partial charge in [0, 0.05) is 16.5 Å². The van der Waals surface area contributed by atoms with E-state index in [4.69, 9.17) is 4.74 Å². The number of hydrogen-bond donors (Lipinski definition) is 1. The predicted molar refractivity (Wildman–Crippen MR) is 126 cm³/mol. The molecule has 0 aliphatic rings. The highest BCUT2D eigenvalue weighted by atomic mass is 16.5. The Bertz CT molecular complexity index is 1400. The van der Waals surface area contributed by atoms with E-state index in [1.54, 1.807) is 13.2 Å². The molecule has 4 nitrogen and oxygen atoms in total. The zero-order valence-corrected chi connectivity index (χ0v) is 17.0. The molecule has 0 atom stereocenters. The molecule has 4 aromatic carbocycles. The molecule has 1 amide bonds. The number of nitrogens with zero attached hydrogens (tertiary/aromatic N) is 1. The maximum Gasteiger partial charge on any atom is 0.274 e. The molecule has 5 aromatic rings. The normalized spacial score (nSPS) is 10.9. The third-order valence-electron chi connectivity index (χ3n) is 5.38. The molecule has 1 heterocycles. The molecule has 1 N–H and O–H groups in total. The van der Waals surface area contributed by atoms with Gasteiger partial charge >= 0.3 is 0 Å². The maximum absolute atomic E-state index is 13.0. The zero-order valence-electron chi connectivity index (χ0n) is 17.0. The fourth-order valence-corrected chi connectivity index (χ4v) is 3.84. The lowest BCUT2D eigenvalue weighted by molar-refractivity contribution is 0.102. The van der Waals surface area contributed by atoms with Crippen molar-refractivity contribution in [1.29, 1.82) is 0 Å².